The van der Waals surface area contributed by atoms with Crippen LogP contribution in [0.25, 0.3) is 0 Å². The van der Waals surface area contributed by atoms with Crippen LogP contribution in [0.15, 0.2) is 90.1 Å². The normalized spacial score (nSPS) is 19.0. The quantitative estimate of drug-likeness (QED) is 0.332. The number of esters is 1. The van der Waals surface area contributed by atoms with Gasteiger partial charge in [0.25, 0.3) is 5.91 Å². The summed E-state index contributed by atoms with van der Waals surface area (Å²) in [4.78, 5) is 45.6. The standard InChI is InChI=1S/C34H37FN4O5/c1-4-38-29(22-37-17-18-39(23(3)21-37)32(40)25-12-9-13-26(35)19-25)30(33(41)43-5-2)31(36-34(38)42)24-11-10-16-28(20-24)44-27-14-7-6-8-15-27/h6-16,19-20,23,31H,4-5,17-18,21-22H2,1-3H3,(H,36,42). The van der Waals surface area contributed by atoms with Crippen molar-refractivity contribution in [2.24, 2.45) is 0 Å². The smallest absolute Gasteiger partial charge is 0.338 e. The summed E-state index contributed by atoms with van der Waals surface area (Å²) in [6.45, 7) is 7.80. The van der Waals surface area contributed by atoms with E-state index in [0.29, 0.717) is 66.6 Å². The lowest BCUT2D eigenvalue weighted by Crippen LogP contribution is -2.56. The Bertz CT molecular complexity index is 1550. The maximum atomic E-state index is 13.8. The minimum atomic E-state index is -0.757. The van der Waals surface area contributed by atoms with Crippen molar-refractivity contribution < 1.29 is 28.2 Å². The third-order valence-electron chi connectivity index (χ3n) is 7.84. The second-order valence-electron chi connectivity index (χ2n) is 10.8. The minimum absolute atomic E-state index is 0.178. The molecule has 44 heavy (non-hydrogen) atoms. The molecule has 2 unspecified atom stereocenters. The molecule has 0 saturated carbocycles. The number of amides is 3. The van der Waals surface area contributed by atoms with E-state index in [-0.39, 0.29) is 24.6 Å². The highest BCUT2D eigenvalue weighted by Gasteiger charge is 2.39. The maximum Gasteiger partial charge on any atom is 0.338 e. The number of ether oxygens (including phenoxy) is 2. The zero-order valence-corrected chi connectivity index (χ0v) is 25.2. The van der Waals surface area contributed by atoms with Crippen molar-refractivity contribution in [1.82, 2.24) is 20.0 Å². The van der Waals surface area contributed by atoms with Crippen LogP contribution in [0, 0.1) is 5.82 Å². The van der Waals surface area contributed by atoms with E-state index in [9.17, 15) is 18.8 Å². The Morgan fingerprint density at radius 3 is 2.41 bits per heavy atom. The van der Waals surface area contributed by atoms with Gasteiger partial charge in [0.2, 0.25) is 0 Å². The molecule has 3 aromatic carbocycles. The zero-order chi connectivity index (χ0) is 31.2. The van der Waals surface area contributed by atoms with Crippen molar-refractivity contribution >= 4 is 17.9 Å². The fourth-order valence-electron chi connectivity index (χ4n) is 5.77. The molecule has 0 aliphatic carbocycles. The van der Waals surface area contributed by atoms with E-state index in [1.54, 1.807) is 22.8 Å². The van der Waals surface area contributed by atoms with Gasteiger partial charge in [-0.1, -0.05) is 36.4 Å². The molecule has 2 aliphatic rings. The van der Waals surface area contributed by atoms with Crippen molar-refractivity contribution in [1.29, 1.82) is 0 Å². The molecule has 9 nitrogen and oxygen atoms in total. The number of carbonyl (C=O) groups is 3. The number of nitrogens with zero attached hydrogens (tertiary/aromatic N) is 3. The summed E-state index contributed by atoms with van der Waals surface area (Å²) in [5.74, 6) is 0.0443. The Morgan fingerprint density at radius 2 is 1.70 bits per heavy atom. The van der Waals surface area contributed by atoms with Gasteiger partial charge >= 0.3 is 12.0 Å². The number of urea groups is 1. The average Bonchev–Trinajstić information content (AvgIpc) is 3.01. The van der Waals surface area contributed by atoms with Crippen LogP contribution < -0.4 is 10.1 Å². The molecule has 2 aliphatic heterocycles. The molecule has 0 bridgehead atoms. The lowest BCUT2D eigenvalue weighted by Gasteiger charge is -2.43. The number of rotatable bonds is 9. The van der Waals surface area contributed by atoms with Crippen LogP contribution in [0.1, 0.15) is 42.7 Å². The summed E-state index contributed by atoms with van der Waals surface area (Å²) in [5.41, 5.74) is 1.91. The Morgan fingerprint density at radius 1 is 0.955 bits per heavy atom. The number of hydrogen-bond acceptors (Lipinski definition) is 6. The van der Waals surface area contributed by atoms with Gasteiger partial charge in [0.15, 0.2) is 0 Å². The molecule has 0 spiro atoms. The highest BCUT2D eigenvalue weighted by atomic mass is 19.1. The van der Waals surface area contributed by atoms with Crippen molar-refractivity contribution in [2.75, 3.05) is 39.3 Å². The van der Waals surface area contributed by atoms with Crippen LogP contribution in [0.5, 0.6) is 11.5 Å². The number of para-hydroxylation sites is 1. The molecule has 0 aromatic heterocycles. The SMILES string of the molecule is CCOC(=O)C1=C(CN2CCN(C(=O)c3cccc(F)c3)C(C)C2)N(CC)C(=O)NC1c1cccc(Oc2ccccc2)c1. The van der Waals surface area contributed by atoms with E-state index in [0.717, 1.165) is 0 Å². The highest BCUT2D eigenvalue weighted by Crippen LogP contribution is 2.34. The number of halogens is 1. The monoisotopic (exact) mass is 600 g/mol. The van der Waals surface area contributed by atoms with Gasteiger partial charge in [-0.2, -0.15) is 0 Å². The zero-order valence-electron chi connectivity index (χ0n) is 25.2. The van der Waals surface area contributed by atoms with Gasteiger partial charge in [0, 0.05) is 50.0 Å². The first kappa shape index (κ1) is 30.7. The molecular weight excluding hydrogens is 563 g/mol. The van der Waals surface area contributed by atoms with E-state index < -0.39 is 17.8 Å². The van der Waals surface area contributed by atoms with Gasteiger partial charge in [0.05, 0.1) is 18.2 Å². The number of benzene rings is 3. The number of carbonyl (C=O) groups excluding carboxylic acids is 3. The molecule has 0 radical (unpaired) electrons. The van der Waals surface area contributed by atoms with E-state index in [1.165, 1.54) is 18.2 Å². The summed E-state index contributed by atoms with van der Waals surface area (Å²) in [6.07, 6.45) is 0. The molecule has 1 N–H and O–H groups in total. The fourth-order valence-corrected chi connectivity index (χ4v) is 5.77. The summed E-state index contributed by atoms with van der Waals surface area (Å²) < 4.78 is 25.3. The van der Waals surface area contributed by atoms with Crippen molar-refractivity contribution in [3.63, 3.8) is 0 Å². The van der Waals surface area contributed by atoms with Gasteiger partial charge in [-0.15, -0.1) is 0 Å². The Hall–Kier alpha value is -4.70. The lowest BCUT2D eigenvalue weighted by molar-refractivity contribution is -0.139. The van der Waals surface area contributed by atoms with Crippen LogP contribution in [0.2, 0.25) is 0 Å². The number of piperazine rings is 1. The first-order valence-corrected chi connectivity index (χ1v) is 14.9. The Labute approximate surface area is 256 Å². The van der Waals surface area contributed by atoms with Gasteiger partial charge in [0.1, 0.15) is 17.3 Å². The van der Waals surface area contributed by atoms with Crippen LogP contribution in [0.4, 0.5) is 9.18 Å². The predicted octanol–water partition coefficient (Wildman–Crippen LogP) is 5.37. The van der Waals surface area contributed by atoms with E-state index >= 15 is 0 Å². The highest BCUT2D eigenvalue weighted by molar-refractivity contribution is 5.95. The molecular formula is C34H37FN4O5. The predicted molar refractivity (Wildman–Crippen MR) is 164 cm³/mol. The van der Waals surface area contributed by atoms with Crippen LogP contribution in [-0.4, -0.2) is 78.0 Å². The molecule has 1 fully saturated rings. The largest absolute Gasteiger partial charge is 0.463 e. The van der Waals surface area contributed by atoms with Crippen molar-refractivity contribution in [3.8, 4) is 11.5 Å². The molecule has 2 atom stereocenters. The molecule has 3 aromatic rings. The summed E-state index contributed by atoms with van der Waals surface area (Å²) in [6, 6.07) is 21.1. The van der Waals surface area contributed by atoms with Crippen LogP contribution in [-0.2, 0) is 9.53 Å². The van der Waals surface area contributed by atoms with Crippen LogP contribution >= 0.6 is 0 Å². The first-order chi connectivity index (χ1) is 21.3. The number of likely N-dealkylation sites (N-methyl/N-ethyl adjacent to an activating group) is 1. The maximum absolute atomic E-state index is 13.8. The second kappa shape index (κ2) is 13.7. The second-order valence-corrected chi connectivity index (χ2v) is 10.8. The number of hydrogen-bond donors (Lipinski definition) is 1. The topological polar surface area (TPSA) is 91.4 Å². The average molecular weight is 601 g/mol. The molecule has 2 heterocycles. The van der Waals surface area contributed by atoms with E-state index in [4.69, 9.17) is 9.47 Å². The van der Waals surface area contributed by atoms with Crippen molar-refractivity contribution in [3.05, 3.63) is 107 Å². The van der Waals surface area contributed by atoms with E-state index in [2.05, 4.69) is 10.2 Å². The molecule has 230 valence electrons. The van der Waals surface area contributed by atoms with Crippen molar-refractivity contribution in [2.45, 2.75) is 32.9 Å². The third kappa shape index (κ3) is 6.75. The lowest BCUT2D eigenvalue weighted by atomic mass is 9.93. The molecule has 1 saturated heterocycles. The first-order valence-electron chi connectivity index (χ1n) is 14.9. The van der Waals surface area contributed by atoms with Gasteiger partial charge in [-0.3, -0.25) is 14.6 Å². The summed E-state index contributed by atoms with van der Waals surface area (Å²) >= 11 is 0. The van der Waals surface area contributed by atoms with Crippen LogP contribution in [0.3, 0.4) is 0 Å². The molecule has 3 amide bonds. The van der Waals surface area contributed by atoms with Gasteiger partial charge in [-0.25, -0.2) is 14.0 Å². The third-order valence-corrected chi connectivity index (χ3v) is 7.84. The molecule has 5 rings (SSSR count). The Kier molecular flexibility index (Phi) is 9.59. The Balaban J connectivity index is 1.43. The van der Waals surface area contributed by atoms with Gasteiger partial charge in [-0.05, 0) is 68.8 Å². The minimum Gasteiger partial charge on any atom is -0.463 e. The molecule has 10 heteroatoms. The summed E-state index contributed by atoms with van der Waals surface area (Å²) in [7, 11) is 0. The summed E-state index contributed by atoms with van der Waals surface area (Å²) in [5, 5.41) is 3.01. The van der Waals surface area contributed by atoms with E-state index in [1.807, 2.05) is 68.4 Å². The number of nitrogens with one attached hydrogen (secondary N) is 1. The fraction of sp³-hybridized carbons (Fsp3) is 0.324. The van der Waals surface area contributed by atoms with Gasteiger partial charge < -0.3 is 19.7 Å².